The van der Waals surface area contributed by atoms with Crippen molar-refractivity contribution in [1.82, 2.24) is 0 Å². The zero-order valence-corrected chi connectivity index (χ0v) is 15.5. The predicted octanol–water partition coefficient (Wildman–Crippen LogP) is 4.46. The van der Waals surface area contributed by atoms with E-state index in [0.717, 1.165) is 5.56 Å². The highest BCUT2D eigenvalue weighted by atomic mass is 35.5. The van der Waals surface area contributed by atoms with E-state index in [4.69, 9.17) is 25.8 Å². The number of carbonyl (C=O) groups is 1. The van der Waals surface area contributed by atoms with Crippen LogP contribution in [0.1, 0.15) is 18.9 Å². The Hall–Kier alpha value is -2.40. The van der Waals surface area contributed by atoms with Crippen molar-refractivity contribution >= 4 is 23.2 Å². The Morgan fingerprint density at radius 1 is 1.12 bits per heavy atom. The Morgan fingerprint density at radius 2 is 1.84 bits per heavy atom. The van der Waals surface area contributed by atoms with Crippen LogP contribution < -0.4 is 19.5 Å². The molecule has 0 bridgehead atoms. The van der Waals surface area contributed by atoms with Gasteiger partial charge >= 0.3 is 0 Å². The molecule has 134 valence electrons. The average molecular weight is 364 g/mol. The summed E-state index contributed by atoms with van der Waals surface area (Å²) >= 11 is 6.02. The molecule has 0 radical (unpaired) electrons. The maximum Gasteiger partial charge on any atom is 0.265 e. The van der Waals surface area contributed by atoms with E-state index in [0.29, 0.717) is 34.4 Å². The van der Waals surface area contributed by atoms with E-state index in [-0.39, 0.29) is 5.91 Å². The standard InChI is InChI=1S/C19H22ClNO4/c1-5-17(25-14-6-8-15(20)12(2)10-14)19(22)21-16-9-7-13(23-3)11-18(16)24-4/h6-11,17H,5H2,1-4H3,(H,21,22)/t17-/m1/s1. The summed E-state index contributed by atoms with van der Waals surface area (Å²) in [5.41, 5.74) is 1.45. The first-order valence-electron chi connectivity index (χ1n) is 7.94. The lowest BCUT2D eigenvalue weighted by molar-refractivity contribution is -0.122. The summed E-state index contributed by atoms with van der Waals surface area (Å²) in [6.07, 6.45) is -0.112. The Kier molecular flexibility index (Phi) is 6.53. The number of hydrogen-bond donors (Lipinski definition) is 1. The Balaban J connectivity index is 2.13. The number of anilines is 1. The van der Waals surface area contributed by atoms with E-state index >= 15 is 0 Å². The van der Waals surface area contributed by atoms with E-state index in [1.165, 1.54) is 7.11 Å². The molecule has 0 aliphatic heterocycles. The molecule has 0 aromatic heterocycles. The fourth-order valence-electron chi connectivity index (χ4n) is 2.29. The highest BCUT2D eigenvalue weighted by molar-refractivity contribution is 6.31. The van der Waals surface area contributed by atoms with E-state index in [1.807, 2.05) is 19.9 Å². The summed E-state index contributed by atoms with van der Waals surface area (Å²) in [4.78, 5) is 12.6. The van der Waals surface area contributed by atoms with Crippen LogP contribution in [0.3, 0.4) is 0 Å². The number of methoxy groups -OCH3 is 2. The Labute approximate surface area is 152 Å². The molecule has 2 aromatic carbocycles. The summed E-state index contributed by atoms with van der Waals surface area (Å²) in [6.45, 7) is 3.77. The SMILES string of the molecule is CC[C@@H](Oc1ccc(Cl)c(C)c1)C(=O)Nc1ccc(OC)cc1OC. The van der Waals surface area contributed by atoms with E-state index in [1.54, 1.807) is 37.4 Å². The van der Waals surface area contributed by atoms with E-state index < -0.39 is 6.10 Å². The molecular weight excluding hydrogens is 342 g/mol. The summed E-state index contributed by atoms with van der Waals surface area (Å²) in [5.74, 6) is 1.52. The first kappa shape index (κ1) is 18.9. The number of halogens is 1. The van der Waals surface area contributed by atoms with Gasteiger partial charge in [-0.05, 0) is 49.2 Å². The van der Waals surface area contributed by atoms with Crippen LogP contribution in [-0.2, 0) is 4.79 Å². The van der Waals surface area contributed by atoms with Crippen molar-refractivity contribution in [2.75, 3.05) is 19.5 Å². The van der Waals surface area contributed by atoms with Gasteiger partial charge in [0, 0.05) is 11.1 Å². The van der Waals surface area contributed by atoms with Crippen LogP contribution in [-0.4, -0.2) is 26.2 Å². The zero-order chi connectivity index (χ0) is 18.4. The Bertz CT molecular complexity index is 748. The second-order valence-electron chi connectivity index (χ2n) is 5.48. The summed E-state index contributed by atoms with van der Waals surface area (Å²) in [5, 5.41) is 3.50. The number of aryl methyl sites for hydroxylation is 1. The molecule has 0 saturated heterocycles. The third kappa shape index (κ3) is 4.79. The molecule has 0 aliphatic rings. The molecule has 0 heterocycles. The lowest BCUT2D eigenvalue weighted by Gasteiger charge is -2.19. The van der Waals surface area contributed by atoms with Gasteiger partial charge in [-0.25, -0.2) is 0 Å². The molecular formula is C19H22ClNO4. The molecule has 6 heteroatoms. The zero-order valence-electron chi connectivity index (χ0n) is 14.8. The highest BCUT2D eigenvalue weighted by Gasteiger charge is 2.20. The van der Waals surface area contributed by atoms with Gasteiger partial charge in [-0.2, -0.15) is 0 Å². The quantitative estimate of drug-likeness (QED) is 0.789. The smallest absolute Gasteiger partial charge is 0.265 e. The van der Waals surface area contributed by atoms with Crippen molar-refractivity contribution in [3.05, 3.63) is 47.0 Å². The lowest BCUT2D eigenvalue weighted by Crippen LogP contribution is -2.32. The maximum atomic E-state index is 12.6. The monoisotopic (exact) mass is 363 g/mol. The second kappa shape index (κ2) is 8.62. The van der Waals surface area contributed by atoms with Crippen molar-refractivity contribution in [2.24, 2.45) is 0 Å². The summed E-state index contributed by atoms with van der Waals surface area (Å²) in [7, 11) is 3.11. The van der Waals surface area contributed by atoms with Crippen LogP contribution in [0.5, 0.6) is 17.2 Å². The van der Waals surface area contributed by atoms with Crippen LogP contribution in [0.25, 0.3) is 0 Å². The fraction of sp³-hybridized carbons (Fsp3) is 0.316. The molecule has 0 fully saturated rings. The first-order chi connectivity index (χ1) is 12.0. The molecule has 1 atom stereocenters. The number of ether oxygens (including phenoxy) is 3. The minimum atomic E-state index is -0.632. The third-order valence-corrected chi connectivity index (χ3v) is 4.16. The van der Waals surface area contributed by atoms with Gasteiger partial charge in [-0.3, -0.25) is 4.79 Å². The number of nitrogens with one attached hydrogen (secondary N) is 1. The van der Waals surface area contributed by atoms with Crippen molar-refractivity contribution in [3.63, 3.8) is 0 Å². The highest BCUT2D eigenvalue weighted by Crippen LogP contribution is 2.29. The third-order valence-electron chi connectivity index (χ3n) is 3.74. The molecule has 0 spiro atoms. The maximum absolute atomic E-state index is 12.6. The molecule has 0 unspecified atom stereocenters. The minimum Gasteiger partial charge on any atom is -0.497 e. The number of rotatable bonds is 7. The topological polar surface area (TPSA) is 56.8 Å². The van der Waals surface area contributed by atoms with Gasteiger partial charge in [0.1, 0.15) is 17.2 Å². The first-order valence-corrected chi connectivity index (χ1v) is 8.32. The molecule has 0 saturated carbocycles. The van der Waals surface area contributed by atoms with Gasteiger partial charge in [0.15, 0.2) is 6.10 Å². The van der Waals surface area contributed by atoms with Crippen molar-refractivity contribution in [2.45, 2.75) is 26.4 Å². The predicted molar refractivity (Wildman–Crippen MR) is 99.1 cm³/mol. The van der Waals surface area contributed by atoms with Gasteiger partial charge in [-0.1, -0.05) is 18.5 Å². The van der Waals surface area contributed by atoms with Gasteiger partial charge in [0.25, 0.3) is 5.91 Å². The fourth-order valence-corrected chi connectivity index (χ4v) is 2.41. The largest absolute Gasteiger partial charge is 0.497 e. The van der Waals surface area contributed by atoms with Gasteiger partial charge in [0.2, 0.25) is 0 Å². The number of benzene rings is 2. The van der Waals surface area contributed by atoms with Crippen LogP contribution in [0.4, 0.5) is 5.69 Å². The molecule has 2 aromatic rings. The van der Waals surface area contributed by atoms with Crippen molar-refractivity contribution in [1.29, 1.82) is 0 Å². The number of carbonyl (C=O) groups excluding carboxylic acids is 1. The summed E-state index contributed by atoms with van der Waals surface area (Å²) in [6, 6.07) is 10.5. The lowest BCUT2D eigenvalue weighted by atomic mass is 10.2. The summed E-state index contributed by atoms with van der Waals surface area (Å²) < 4.78 is 16.3. The molecule has 1 amide bonds. The van der Waals surface area contributed by atoms with Gasteiger partial charge in [0.05, 0.1) is 19.9 Å². The number of amides is 1. The van der Waals surface area contributed by atoms with Crippen molar-refractivity contribution in [3.8, 4) is 17.2 Å². The normalized spacial score (nSPS) is 11.6. The van der Waals surface area contributed by atoms with Crippen molar-refractivity contribution < 1.29 is 19.0 Å². The van der Waals surface area contributed by atoms with Crippen LogP contribution in [0.2, 0.25) is 5.02 Å². The number of hydrogen-bond acceptors (Lipinski definition) is 4. The minimum absolute atomic E-state index is 0.251. The van der Waals surface area contributed by atoms with Gasteiger partial charge < -0.3 is 19.5 Å². The molecule has 5 nitrogen and oxygen atoms in total. The molecule has 1 N–H and O–H groups in total. The Morgan fingerprint density at radius 3 is 2.44 bits per heavy atom. The van der Waals surface area contributed by atoms with Gasteiger partial charge in [-0.15, -0.1) is 0 Å². The van der Waals surface area contributed by atoms with Crippen LogP contribution >= 0.6 is 11.6 Å². The van der Waals surface area contributed by atoms with Crippen LogP contribution in [0, 0.1) is 6.92 Å². The van der Waals surface area contributed by atoms with E-state index in [2.05, 4.69) is 5.32 Å². The molecule has 25 heavy (non-hydrogen) atoms. The van der Waals surface area contributed by atoms with Crippen LogP contribution in [0.15, 0.2) is 36.4 Å². The average Bonchev–Trinajstić information content (AvgIpc) is 2.62. The second-order valence-corrected chi connectivity index (χ2v) is 5.89. The molecule has 2 rings (SSSR count). The van der Waals surface area contributed by atoms with E-state index in [9.17, 15) is 4.79 Å². The molecule has 0 aliphatic carbocycles.